The maximum atomic E-state index is 12.3. The number of hydrogen-bond donors (Lipinski definition) is 1. The Kier molecular flexibility index (Phi) is 4.53. The van der Waals surface area contributed by atoms with Gasteiger partial charge in [-0.15, -0.1) is 0 Å². The number of fused-ring (bicyclic) bond motifs is 2. The maximum absolute atomic E-state index is 12.3. The summed E-state index contributed by atoms with van der Waals surface area (Å²) in [6.07, 6.45) is 5.75. The molecular formula is C19H20N4O3. The number of carbonyl (C=O) groups is 1. The van der Waals surface area contributed by atoms with Crippen LogP contribution in [0.15, 0.2) is 42.9 Å². The van der Waals surface area contributed by atoms with Crippen LogP contribution in [0.1, 0.15) is 30.4 Å². The monoisotopic (exact) mass is 352 g/mol. The van der Waals surface area contributed by atoms with E-state index in [-0.39, 0.29) is 11.8 Å². The Morgan fingerprint density at radius 2 is 2.23 bits per heavy atom. The Hall–Kier alpha value is -2.93. The van der Waals surface area contributed by atoms with Crippen molar-refractivity contribution < 1.29 is 14.3 Å². The summed E-state index contributed by atoms with van der Waals surface area (Å²) in [6, 6.07) is 7.62. The van der Waals surface area contributed by atoms with Gasteiger partial charge in [-0.2, -0.15) is 5.10 Å². The van der Waals surface area contributed by atoms with Gasteiger partial charge in [0.1, 0.15) is 12.4 Å². The number of carbonyl (C=O) groups excluding carboxylic acids is 1. The van der Waals surface area contributed by atoms with Crippen molar-refractivity contribution in [3.05, 3.63) is 54.0 Å². The lowest BCUT2D eigenvalue weighted by Crippen LogP contribution is -2.23. The van der Waals surface area contributed by atoms with Gasteiger partial charge < -0.3 is 14.8 Å². The molecule has 0 saturated heterocycles. The molecule has 1 aliphatic rings. The van der Waals surface area contributed by atoms with Crippen LogP contribution >= 0.6 is 0 Å². The second-order valence-electron chi connectivity index (χ2n) is 6.09. The van der Waals surface area contributed by atoms with Gasteiger partial charge in [0.25, 0.3) is 0 Å². The first kappa shape index (κ1) is 16.5. The van der Waals surface area contributed by atoms with Crippen LogP contribution in [0.25, 0.3) is 5.65 Å². The smallest absolute Gasteiger partial charge is 0.225 e. The molecule has 7 nitrogen and oxygen atoms in total. The molecule has 1 aromatic carbocycles. The van der Waals surface area contributed by atoms with Crippen molar-refractivity contribution >= 4 is 17.2 Å². The molecule has 0 spiro atoms. The Bertz CT molecular complexity index is 937. The average molecular weight is 352 g/mol. The van der Waals surface area contributed by atoms with E-state index in [1.165, 1.54) is 0 Å². The van der Waals surface area contributed by atoms with E-state index in [2.05, 4.69) is 15.4 Å². The lowest BCUT2D eigenvalue weighted by molar-refractivity contribution is -0.116. The van der Waals surface area contributed by atoms with Crippen LogP contribution in [0.5, 0.6) is 5.75 Å². The molecule has 1 unspecified atom stereocenters. The molecule has 0 radical (unpaired) electrons. The number of nitrogens with one attached hydrogen (secondary N) is 1. The first-order valence-corrected chi connectivity index (χ1v) is 8.69. The van der Waals surface area contributed by atoms with E-state index < -0.39 is 0 Å². The van der Waals surface area contributed by atoms with Crippen molar-refractivity contribution in [1.82, 2.24) is 14.6 Å². The summed E-state index contributed by atoms with van der Waals surface area (Å²) in [7, 11) is 0. The fourth-order valence-electron chi connectivity index (χ4n) is 3.27. The van der Waals surface area contributed by atoms with Crippen molar-refractivity contribution in [2.75, 3.05) is 25.1 Å². The summed E-state index contributed by atoms with van der Waals surface area (Å²) in [6.45, 7) is 3.63. The van der Waals surface area contributed by atoms with E-state index in [0.717, 1.165) is 22.5 Å². The molecule has 7 heteroatoms. The Balaban J connectivity index is 1.64. The summed E-state index contributed by atoms with van der Waals surface area (Å²) in [5.41, 5.74) is 3.54. The van der Waals surface area contributed by atoms with E-state index in [0.29, 0.717) is 32.0 Å². The highest BCUT2D eigenvalue weighted by atomic mass is 16.5. The molecule has 26 heavy (non-hydrogen) atoms. The fraction of sp³-hybridized carbons (Fsp3) is 0.316. The van der Waals surface area contributed by atoms with Crippen LogP contribution in [0.2, 0.25) is 0 Å². The Labute approximate surface area is 151 Å². The Morgan fingerprint density at radius 1 is 1.31 bits per heavy atom. The normalized spacial score (nSPS) is 16.3. The number of nitrogens with zero attached hydrogens (tertiary/aromatic N) is 3. The third-order valence-corrected chi connectivity index (χ3v) is 4.45. The first-order valence-electron chi connectivity index (χ1n) is 8.69. The molecule has 1 amide bonds. The number of rotatable bonds is 6. The molecule has 2 aromatic heterocycles. The fourth-order valence-corrected chi connectivity index (χ4v) is 3.27. The first-order chi connectivity index (χ1) is 12.8. The van der Waals surface area contributed by atoms with E-state index in [1.54, 1.807) is 16.9 Å². The maximum Gasteiger partial charge on any atom is 0.225 e. The highest BCUT2D eigenvalue weighted by Crippen LogP contribution is 2.39. The molecule has 134 valence electrons. The zero-order valence-electron chi connectivity index (χ0n) is 14.5. The molecule has 3 aromatic rings. The van der Waals surface area contributed by atoms with E-state index in [4.69, 9.17) is 9.47 Å². The standard InChI is InChI=1S/C19H20N4O3/c1-2-25-8-9-26-13-4-5-14-15(11-18(24)22-17(14)10-13)16-12-21-23-7-3-6-20-19(16)23/h3-7,10,12,15H,2,8-9,11H2,1H3,(H,22,24). The van der Waals surface area contributed by atoms with Gasteiger partial charge in [-0.3, -0.25) is 4.79 Å². The van der Waals surface area contributed by atoms with E-state index in [1.807, 2.05) is 37.4 Å². The minimum absolute atomic E-state index is 0.0238. The molecule has 0 aliphatic carbocycles. The van der Waals surface area contributed by atoms with Crippen LogP contribution in [-0.2, 0) is 9.53 Å². The highest BCUT2D eigenvalue weighted by molar-refractivity contribution is 5.96. The molecule has 3 heterocycles. The van der Waals surface area contributed by atoms with Gasteiger partial charge in [-0.05, 0) is 24.6 Å². The van der Waals surface area contributed by atoms with Gasteiger partial charge in [-0.25, -0.2) is 9.50 Å². The van der Waals surface area contributed by atoms with Gasteiger partial charge in [0.15, 0.2) is 5.65 Å². The van der Waals surface area contributed by atoms with Crippen LogP contribution in [0, 0.1) is 0 Å². The molecule has 0 fully saturated rings. The van der Waals surface area contributed by atoms with Crippen molar-refractivity contribution in [3.63, 3.8) is 0 Å². The topological polar surface area (TPSA) is 77.8 Å². The van der Waals surface area contributed by atoms with Crippen LogP contribution in [0.4, 0.5) is 5.69 Å². The van der Waals surface area contributed by atoms with E-state index in [9.17, 15) is 4.79 Å². The third-order valence-electron chi connectivity index (χ3n) is 4.45. The lowest BCUT2D eigenvalue weighted by atomic mass is 9.86. The molecular weight excluding hydrogens is 332 g/mol. The summed E-state index contributed by atoms with van der Waals surface area (Å²) < 4.78 is 12.7. The minimum atomic E-state index is -0.0800. The number of ether oxygens (including phenoxy) is 2. The van der Waals surface area contributed by atoms with Gasteiger partial charge in [-0.1, -0.05) is 6.07 Å². The Morgan fingerprint density at radius 3 is 3.12 bits per heavy atom. The average Bonchev–Trinajstić information content (AvgIpc) is 3.08. The third kappa shape index (κ3) is 3.13. The minimum Gasteiger partial charge on any atom is -0.491 e. The number of anilines is 1. The molecule has 1 aliphatic heterocycles. The second-order valence-corrected chi connectivity index (χ2v) is 6.09. The molecule has 4 rings (SSSR count). The van der Waals surface area contributed by atoms with Crippen molar-refractivity contribution in [2.24, 2.45) is 0 Å². The van der Waals surface area contributed by atoms with Crippen LogP contribution < -0.4 is 10.1 Å². The SMILES string of the molecule is CCOCCOc1ccc2c(c1)NC(=O)CC2c1cnn2cccnc12. The number of hydrogen-bond acceptors (Lipinski definition) is 5. The zero-order valence-corrected chi connectivity index (χ0v) is 14.5. The van der Waals surface area contributed by atoms with Crippen molar-refractivity contribution in [2.45, 2.75) is 19.3 Å². The predicted molar refractivity (Wildman–Crippen MR) is 96.5 cm³/mol. The van der Waals surface area contributed by atoms with Gasteiger partial charge in [0.05, 0.1) is 12.8 Å². The van der Waals surface area contributed by atoms with Gasteiger partial charge >= 0.3 is 0 Å². The van der Waals surface area contributed by atoms with Crippen LogP contribution in [0.3, 0.4) is 0 Å². The lowest BCUT2D eigenvalue weighted by Gasteiger charge is -2.25. The predicted octanol–water partition coefficient (Wildman–Crippen LogP) is 2.62. The van der Waals surface area contributed by atoms with Crippen molar-refractivity contribution in [3.8, 4) is 5.75 Å². The van der Waals surface area contributed by atoms with Gasteiger partial charge in [0, 0.05) is 48.7 Å². The highest BCUT2D eigenvalue weighted by Gasteiger charge is 2.29. The largest absolute Gasteiger partial charge is 0.491 e. The summed E-state index contributed by atoms with van der Waals surface area (Å²) >= 11 is 0. The molecule has 0 bridgehead atoms. The molecule has 0 saturated carbocycles. The quantitative estimate of drug-likeness (QED) is 0.690. The number of amides is 1. The summed E-state index contributed by atoms with van der Waals surface area (Å²) in [5.74, 6) is 0.607. The van der Waals surface area contributed by atoms with Gasteiger partial charge in [0.2, 0.25) is 5.91 Å². The summed E-state index contributed by atoms with van der Waals surface area (Å²) in [4.78, 5) is 16.7. The van der Waals surface area contributed by atoms with Crippen LogP contribution in [-0.4, -0.2) is 40.3 Å². The number of aromatic nitrogens is 3. The van der Waals surface area contributed by atoms with E-state index >= 15 is 0 Å². The summed E-state index contributed by atoms with van der Waals surface area (Å²) in [5, 5.41) is 7.30. The zero-order chi connectivity index (χ0) is 17.9. The second kappa shape index (κ2) is 7.13. The number of benzene rings is 1. The molecule has 1 N–H and O–H groups in total. The molecule has 1 atom stereocenters. The van der Waals surface area contributed by atoms with Crippen molar-refractivity contribution in [1.29, 1.82) is 0 Å².